The minimum Gasteiger partial charge on any atom is -0.333 e. The van der Waals surface area contributed by atoms with Gasteiger partial charge in [0.15, 0.2) is 0 Å². The highest BCUT2D eigenvalue weighted by Gasteiger charge is 2.27. The average Bonchev–Trinajstić information content (AvgIpc) is 3.07. The van der Waals surface area contributed by atoms with Crippen molar-refractivity contribution in [3.05, 3.63) is 30.6 Å². The van der Waals surface area contributed by atoms with Crippen LogP contribution in [0.3, 0.4) is 0 Å². The van der Waals surface area contributed by atoms with Crippen LogP contribution < -0.4 is 5.32 Å². The minimum absolute atomic E-state index is 0.508. The summed E-state index contributed by atoms with van der Waals surface area (Å²) in [7, 11) is 1.92. The van der Waals surface area contributed by atoms with Crippen LogP contribution in [0, 0.1) is 0 Å². The fourth-order valence-corrected chi connectivity index (χ4v) is 2.71. The van der Waals surface area contributed by atoms with Crippen LogP contribution >= 0.6 is 0 Å². The van der Waals surface area contributed by atoms with Gasteiger partial charge >= 0.3 is 0 Å². The van der Waals surface area contributed by atoms with Gasteiger partial charge in [0.1, 0.15) is 0 Å². The highest BCUT2D eigenvalue weighted by Crippen LogP contribution is 2.29. The highest BCUT2D eigenvalue weighted by molar-refractivity contribution is 4.96. The van der Waals surface area contributed by atoms with Gasteiger partial charge in [-0.3, -0.25) is 4.68 Å². The van der Waals surface area contributed by atoms with Gasteiger partial charge < -0.3 is 9.88 Å². The largest absolute Gasteiger partial charge is 0.333 e. The minimum atomic E-state index is 0.508. The van der Waals surface area contributed by atoms with Crippen molar-refractivity contribution < 1.29 is 0 Å². The lowest BCUT2D eigenvalue weighted by Crippen LogP contribution is -2.33. The van der Waals surface area contributed by atoms with Crippen LogP contribution in [0.4, 0.5) is 0 Å². The van der Waals surface area contributed by atoms with E-state index >= 15 is 0 Å². The lowest BCUT2D eigenvalue weighted by atomic mass is 10.1. The number of aryl methyl sites for hydroxylation is 1. The molecule has 2 aromatic rings. The van der Waals surface area contributed by atoms with Crippen molar-refractivity contribution in [2.24, 2.45) is 7.05 Å². The lowest BCUT2D eigenvalue weighted by molar-refractivity contribution is 0.386. The molecule has 1 aliphatic carbocycles. The predicted octanol–water partition coefficient (Wildman–Crippen LogP) is 0.895. The molecule has 18 heavy (non-hydrogen) atoms. The zero-order chi connectivity index (χ0) is 12.4. The first-order valence-corrected chi connectivity index (χ1v) is 6.39. The summed E-state index contributed by atoms with van der Waals surface area (Å²) < 4.78 is 4.03. The monoisotopic (exact) mass is 246 g/mol. The van der Waals surface area contributed by atoms with E-state index in [9.17, 15) is 0 Å². The number of nitrogens with one attached hydrogen (secondary N) is 1. The summed E-state index contributed by atoms with van der Waals surface area (Å²) in [5, 5.41) is 11.4. The van der Waals surface area contributed by atoms with Crippen LogP contribution in [0.1, 0.15) is 31.0 Å². The third-order valence-corrected chi connectivity index (χ3v) is 3.74. The summed E-state index contributed by atoms with van der Waals surface area (Å²) in [6.45, 7) is 0.819. The molecule has 2 aromatic heterocycles. The first-order valence-electron chi connectivity index (χ1n) is 6.39. The molecule has 6 heteroatoms. The number of nitrogens with zero attached hydrogens (tertiary/aromatic N) is 5. The zero-order valence-corrected chi connectivity index (χ0v) is 10.5. The molecule has 0 saturated heterocycles. The van der Waals surface area contributed by atoms with Crippen LogP contribution in [0.25, 0.3) is 0 Å². The van der Waals surface area contributed by atoms with Gasteiger partial charge in [0, 0.05) is 38.1 Å². The lowest BCUT2D eigenvalue weighted by Gasteiger charge is -2.22. The molecule has 0 amide bonds. The van der Waals surface area contributed by atoms with Crippen LogP contribution in [0.2, 0.25) is 0 Å². The standard InChI is InChI=1S/C12H18N6/c1-17-10(8-15-16-17)7-14-11-3-2-4-12(11)18-6-5-13-9-18/h5-6,8-9,11-12,14H,2-4,7H2,1H3. The molecule has 96 valence electrons. The van der Waals surface area contributed by atoms with Crippen molar-refractivity contribution in [2.75, 3.05) is 0 Å². The van der Waals surface area contributed by atoms with Crippen molar-refractivity contribution in [3.63, 3.8) is 0 Å². The van der Waals surface area contributed by atoms with Crippen LogP contribution in [0.5, 0.6) is 0 Å². The average molecular weight is 246 g/mol. The van der Waals surface area contributed by atoms with E-state index in [1.807, 2.05) is 30.5 Å². The van der Waals surface area contributed by atoms with Gasteiger partial charge in [0.25, 0.3) is 0 Å². The number of hydrogen-bond acceptors (Lipinski definition) is 4. The van der Waals surface area contributed by atoms with Gasteiger partial charge in [0.05, 0.1) is 18.2 Å². The van der Waals surface area contributed by atoms with E-state index in [1.165, 1.54) is 19.3 Å². The molecule has 6 nitrogen and oxygen atoms in total. The Kier molecular flexibility index (Phi) is 3.10. The van der Waals surface area contributed by atoms with Crippen molar-refractivity contribution in [3.8, 4) is 0 Å². The van der Waals surface area contributed by atoms with Crippen LogP contribution in [0.15, 0.2) is 24.9 Å². The van der Waals surface area contributed by atoms with Crippen molar-refractivity contribution in [1.29, 1.82) is 0 Å². The third kappa shape index (κ3) is 2.15. The summed E-state index contributed by atoms with van der Waals surface area (Å²) in [5.74, 6) is 0. The molecule has 0 spiro atoms. The number of imidazole rings is 1. The molecule has 1 N–H and O–H groups in total. The van der Waals surface area contributed by atoms with Crippen molar-refractivity contribution in [2.45, 2.75) is 37.9 Å². The number of aromatic nitrogens is 5. The molecule has 1 saturated carbocycles. The fraction of sp³-hybridized carbons (Fsp3) is 0.583. The Balaban J connectivity index is 1.64. The fourth-order valence-electron chi connectivity index (χ4n) is 2.71. The Bertz CT molecular complexity index is 488. The highest BCUT2D eigenvalue weighted by atomic mass is 15.4. The van der Waals surface area contributed by atoms with Gasteiger partial charge in [-0.2, -0.15) is 0 Å². The van der Waals surface area contributed by atoms with Crippen molar-refractivity contribution >= 4 is 0 Å². The van der Waals surface area contributed by atoms with Crippen LogP contribution in [-0.2, 0) is 13.6 Å². The summed E-state index contributed by atoms with van der Waals surface area (Å²) >= 11 is 0. The maximum absolute atomic E-state index is 4.14. The SMILES string of the molecule is Cn1nncc1CNC1CCCC1n1ccnc1. The molecule has 2 unspecified atom stereocenters. The topological polar surface area (TPSA) is 60.6 Å². The molecule has 2 atom stereocenters. The molecule has 3 rings (SSSR count). The normalized spacial score (nSPS) is 23.6. The van der Waals surface area contributed by atoms with E-state index in [0.717, 1.165) is 12.2 Å². The second kappa shape index (κ2) is 4.89. The summed E-state index contributed by atoms with van der Waals surface area (Å²) in [6, 6.07) is 1.03. The van der Waals surface area contributed by atoms with E-state index in [1.54, 1.807) is 0 Å². The smallest absolute Gasteiger partial charge is 0.0949 e. The van der Waals surface area contributed by atoms with E-state index in [0.29, 0.717) is 12.1 Å². The van der Waals surface area contributed by atoms with E-state index in [2.05, 4.69) is 31.4 Å². The zero-order valence-electron chi connectivity index (χ0n) is 10.5. The second-order valence-corrected chi connectivity index (χ2v) is 4.84. The molecule has 0 bridgehead atoms. The Labute approximate surface area is 106 Å². The molecular weight excluding hydrogens is 228 g/mol. The number of hydrogen-bond donors (Lipinski definition) is 1. The molecule has 0 aliphatic heterocycles. The van der Waals surface area contributed by atoms with Crippen LogP contribution in [-0.4, -0.2) is 30.6 Å². The molecular formula is C12H18N6. The molecule has 0 radical (unpaired) electrons. The van der Waals surface area contributed by atoms with Gasteiger partial charge in [-0.25, -0.2) is 4.98 Å². The molecule has 1 aliphatic rings. The Morgan fingerprint density at radius 2 is 2.39 bits per heavy atom. The summed E-state index contributed by atoms with van der Waals surface area (Å²) in [6.07, 6.45) is 11.3. The second-order valence-electron chi connectivity index (χ2n) is 4.84. The molecule has 0 aromatic carbocycles. The van der Waals surface area contributed by atoms with E-state index in [-0.39, 0.29) is 0 Å². The summed E-state index contributed by atoms with van der Waals surface area (Å²) in [4.78, 5) is 4.14. The third-order valence-electron chi connectivity index (χ3n) is 3.74. The summed E-state index contributed by atoms with van der Waals surface area (Å²) in [5.41, 5.74) is 1.12. The first kappa shape index (κ1) is 11.4. The van der Waals surface area contributed by atoms with Crippen molar-refractivity contribution in [1.82, 2.24) is 29.9 Å². The maximum Gasteiger partial charge on any atom is 0.0949 e. The van der Waals surface area contributed by atoms with Gasteiger partial charge in [-0.15, -0.1) is 5.10 Å². The molecule has 2 heterocycles. The number of rotatable bonds is 4. The molecule has 1 fully saturated rings. The van der Waals surface area contributed by atoms with E-state index in [4.69, 9.17) is 0 Å². The van der Waals surface area contributed by atoms with Gasteiger partial charge in [-0.1, -0.05) is 5.21 Å². The Hall–Kier alpha value is -1.69. The van der Waals surface area contributed by atoms with Gasteiger partial charge in [0.2, 0.25) is 0 Å². The van der Waals surface area contributed by atoms with Gasteiger partial charge in [-0.05, 0) is 19.3 Å². The Morgan fingerprint density at radius 1 is 1.44 bits per heavy atom. The Morgan fingerprint density at radius 3 is 3.11 bits per heavy atom. The quantitative estimate of drug-likeness (QED) is 0.870. The predicted molar refractivity (Wildman–Crippen MR) is 66.7 cm³/mol. The first-order chi connectivity index (χ1) is 8.84. The van der Waals surface area contributed by atoms with E-state index < -0.39 is 0 Å². The maximum atomic E-state index is 4.14.